The van der Waals surface area contributed by atoms with E-state index in [-0.39, 0.29) is 35.2 Å². The zero-order valence-electron chi connectivity index (χ0n) is 8.82. The summed E-state index contributed by atoms with van der Waals surface area (Å²) in [5.74, 6) is -0.462. The van der Waals surface area contributed by atoms with Gasteiger partial charge in [0.2, 0.25) is 5.76 Å². The highest BCUT2D eigenvalue weighted by molar-refractivity contribution is 6.16. The van der Waals surface area contributed by atoms with Crippen molar-refractivity contribution < 1.29 is 19.1 Å². The van der Waals surface area contributed by atoms with E-state index in [0.717, 1.165) is 0 Å². The number of hydrogen-bond donors (Lipinski definition) is 2. The van der Waals surface area contributed by atoms with E-state index in [1.807, 2.05) is 0 Å². The van der Waals surface area contributed by atoms with Crippen LogP contribution in [0.15, 0.2) is 22.6 Å². The van der Waals surface area contributed by atoms with Gasteiger partial charge in [-0.3, -0.25) is 9.59 Å². The minimum atomic E-state index is -0.387. The van der Waals surface area contributed by atoms with Gasteiger partial charge in [0, 0.05) is 18.4 Å². The molecule has 0 unspecified atom stereocenters. The summed E-state index contributed by atoms with van der Waals surface area (Å²) in [5.41, 5.74) is 0.698. The van der Waals surface area contributed by atoms with Gasteiger partial charge in [0.1, 0.15) is 11.3 Å². The van der Waals surface area contributed by atoms with Crippen molar-refractivity contribution in [3.8, 4) is 5.75 Å². The monoisotopic (exact) mass is 231 g/mol. The first-order chi connectivity index (χ1) is 8.16. The lowest BCUT2D eigenvalue weighted by Crippen LogP contribution is -2.22. The first-order valence-electron chi connectivity index (χ1n) is 5.24. The predicted molar refractivity (Wildman–Crippen MR) is 59.2 cm³/mol. The number of phenolic OH excluding ortho intramolecular Hbond substituents is 1. The van der Waals surface area contributed by atoms with E-state index in [2.05, 4.69) is 5.32 Å². The molecule has 0 fully saturated rings. The van der Waals surface area contributed by atoms with Crippen LogP contribution in [0, 0.1) is 0 Å². The van der Waals surface area contributed by atoms with Crippen LogP contribution in [-0.4, -0.2) is 23.3 Å². The Morgan fingerprint density at radius 3 is 2.94 bits per heavy atom. The van der Waals surface area contributed by atoms with Crippen LogP contribution in [-0.2, 0) is 0 Å². The van der Waals surface area contributed by atoms with Gasteiger partial charge in [0.25, 0.3) is 5.91 Å². The Bertz CT molecular complexity index is 641. The zero-order valence-corrected chi connectivity index (χ0v) is 8.82. The molecule has 17 heavy (non-hydrogen) atoms. The highest BCUT2D eigenvalue weighted by atomic mass is 16.3. The molecule has 1 aliphatic rings. The molecule has 0 atom stereocenters. The molecule has 0 radical (unpaired) electrons. The normalized spacial score (nSPS) is 15.5. The van der Waals surface area contributed by atoms with Crippen LogP contribution in [0.3, 0.4) is 0 Å². The zero-order chi connectivity index (χ0) is 12.0. The molecule has 5 heteroatoms. The SMILES string of the molecule is O=C1NCCC(=O)c2c1oc1ccc(O)cc21. The van der Waals surface area contributed by atoms with Gasteiger partial charge >= 0.3 is 0 Å². The molecule has 0 saturated carbocycles. The predicted octanol–water partition coefficient (Wildman–Crippen LogP) is 1.45. The van der Waals surface area contributed by atoms with Gasteiger partial charge in [0.05, 0.1) is 5.56 Å². The third-order valence-electron chi connectivity index (χ3n) is 2.79. The highest BCUT2D eigenvalue weighted by Gasteiger charge is 2.28. The summed E-state index contributed by atoms with van der Waals surface area (Å²) in [7, 11) is 0. The summed E-state index contributed by atoms with van der Waals surface area (Å²) in [4.78, 5) is 23.6. The molecule has 2 aromatic rings. The molecule has 0 aliphatic carbocycles. The number of ketones is 1. The van der Waals surface area contributed by atoms with E-state index in [4.69, 9.17) is 4.42 Å². The number of furan rings is 1. The molecular formula is C12H9NO4. The fourth-order valence-electron chi connectivity index (χ4n) is 2.02. The summed E-state index contributed by atoms with van der Waals surface area (Å²) < 4.78 is 5.36. The number of nitrogens with one attached hydrogen (secondary N) is 1. The molecule has 1 aromatic carbocycles. The number of hydrogen-bond acceptors (Lipinski definition) is 4. The number of amides is 1. The van der Waals surface area contributed by atoms with Gasteiger partial charge in [-0.2, -0.15) is 0 Å². The Labute approximate surface area is 96.0 Å². The Kier molecular flexibility index (Phi) is 1.95. The Hall–Kier alpha value is -2.30. The van der Waals surface area contributed by atoms with E-state index in [1.165, 1.54) is 12.1 Å². The second kappa shape index (κ2) is 3.35. The number of fused-ring (bicyclic) bond motifs is 3. The number of Topliss-reactive ketones (excluding diaryl/α,β-unsaturated/α-hetero) is 1. The fraction of sp³-hybridized carbons (Fsp3) is 0.167. The van der Waals surface area contributed by atoms with Crippen molar-refractivity contribution in [2.75, 3.05) is 6.54 Å². The van der Waals surface area contributed by atoms with Crippen molar-refractivity contribution >= 4 is 22.7 Å². The third-order valence-corrected chi connectivity index (χ3v) is 2.79. The standard InChI is InChI=1S/C12H9NO4/c14-6-1-2-9-7(5-6)10-8(15)3-4-13-12(16)11(10)17-9/h1-2,5,14H,3-4H2,(H,13,16). The van der Waals surface area contributed by atoms with Crippen molar-refractivity contribution in [3.63, 3.8) is 0 Å². The van der Waals surface area contributed by atoms with Crippen LogP contribution < -0.4 is 5.32 Å². The molecule has 0 spiro atoms. The number of aromatic hydroxyl groups is 1. The summed E-state index contributed by atoms with van der Waals surface area (Å²) in [5, 5.41) is 12.5. The second-order valence-corrected chi connectivity index (χ2v) is 3.92. The molecule has 86 valence electrons. The minimum Gasteiger partial charge on any atom is -0.508 e. The maximum absolute atomic E-state index is 11.9. The van der Waals surface area contributed by atoms with Crippen molar-refractivity contribution in [2.24, 2.45) is 0 Å². The summed E-state index contributed by atoms with van der Waals surface area (Å²) in [6, 6.07) is 4.43. The summed E-state index contributed by atoms with van der Waals surface area (Å²) in [6.07, 6.45) is 0.239. The Balaban J connectivity index is 2.38. The highest BCUT2D eigenvalue weighted by Crippen LogP contribution is 2.30. The Morgan fingerprint density at radius 2 is 2.12 bits per heavy atom. The van der Waals surface area contributed by atoms with Crippen molar-refractivity contribution in [2.45, 2.75) is 6.42 Å². The number of benzene rings is 1. The summed E-state index contributed by atoms with van der Waals surface area (Å²) in [6.45, 7) is 0.308. The van der Waals surface area contributed by atoms with Gasteiger partial charge in [0.15, 0.2) is 5.78 Å². The Morgan fingerprint density at radius 1 is 1.29 bits per heavy atom. The first kappa shape index (κ1) is 9.89. The van der Waals surface area contributed by atoms with E-state index in [9.17, 15) is 14.7 Å². The largest absolute Gasteiger partial charge is 0.508 e. The number of phenols is 1. The van der Waals surface area contributed by atoms with Crippen molar-refractivity contribution in [1.29, 1.82) is 0 Å². The lowest BCUT2D eigenvalue weighted by Gasteiger charge is -1.96. The number of carbonyl (C=O) groups is 2. The average Bonchev–Trinajstić information content (AvgIpc) is 2.60. The maximum Gasteiger partial charge on any atom is 0.287 e. The lowest BCUT2D eigenvalue weighted by atomic mass is 10.0. The molecule has 1 aliphatic heterocycles. The van der Waals surface area contributed by atoms with Gasteiger partial charge in [-0.1, -0.05) is 0 Å². The molecule has 0 bridgehead atoms. The quantitative estimate of drug-likeness (QED) is 0.719. The van der Waals surface area contributed by atoms with Crippen LogP contribution >= 0.6 is 0 Å². The van der Waals surface area contributed by atoms with Crippen LogP contribution in [0.4, 0.5) is 0 Å². The molecular weight excluding hydrogens is 222 g/mol. The smallest absolute Gasteiger partial charge is 0.287 e. The number of carbonyl (C=O) groups excluding carboxylic acids is 2. The molecule has 1 amide bonds. The van der Waals surface area contributed by atoms with E-state index < -0.39 is 0 Å². The van der Waals surface area contributed by atoms with Crippen LogP contribution in [0.5, 0.6) is 5.75 Å². The minimum absolute atomic E-state index is 0.0353. The molecule has 1 aromatic heterocycles. The first-order valence-corrected chi connectivity index (χ1v) is 5.24. The number of rotatable bonds is 0. The topological polar surface area (TPSA) is 79.5 Å². The van der Waals surface area contributed by atoms with Crippen molar-refractivity contribution in [3.05, 3.63) is 29.5 Å². The van der Waals surface area contributed by atoms with Crippen LogP contribution in [0.1, 0.15) is 27.3 Å². The molecule has 2 heterocycles. The van der Waals surface area contributed by atoms with Crippen LogP contribution in [0.25, 0.3) is 11.0 Å². The summed E-state index contributed by atoms with van der Waals surface area (Å²) >= 11 is 0. The molecule has 3 rings (SSSR count). The second-order valence-electron chi connectivity index (χ2n) is 3.92. The van der Waals surface area contributed by atoms with Crippen molar-refractivity contribution in [1.82, 2.24) is 5.32 Å². The van der Waals surface area contributed by atoms with Crippen LogP contribution in [0.2, 0.25) is 0 Å². The van der Waals surface area contributed by atoms with Gasteiger partial charge < -0.3 is 14.8 Å². The van der Waals surface area contributed by atoms with E-state index >= 15 is 0 Å². The van der Waals surface area contributed by atoms with E-state index in [1.54, 1.807) is 6.07 Å². The van der Waals surface area contributed by atoms with Gasteiger partial charge in [-0.25, -0.2) is 0 Å². The van der Waals surface area contributed by atoms with Gasteiger partial charge in [-0.05, 0) is 18.2 Å². The average molecular weight is 231 g/mol. The molecule has 5 nitrogen and oxygen atoms in total. The fourth-order valence-corrected chi connectivity index (χ4v) is 2.02. The lowest BCUT2D eigenvalue weighted by molar-refractivity contribution is 0.0930. The maximum atomic E-state index is 11.9. The third kappa shape index (κ3) is 1.39. The molecule has 2 N–H and O–H groups in total. The van der Waals surface area contributed by atoms with Gasteiger partial charge in [-0.15, -0.1) is 0 Å². The molecule has 0 saturated heterocycles. The van der Waals surface area contributed by atoms with E-state index in [0.29, 0.717) is 17.5 Å².